The molecule has 0 spiro atoms. The number of hydrogen-bond acceptors (Lipinski definition) is 5. The molecule has 7 nitrogen and oxygen atoms in total. The van der Waals surface area contributed by atoms with Crippen LogP contribution in [-0.2, 0) is 9.84 Å². The maximum atomic E-state index is 12.7. The number of sulfone groups is 1. The monoisotopic (exact) mass is 326 g/mol. The second kappa shape index (κ2) is 5.64. The van der Waals surface area contributed by atoms with Crippen LogP contribution in [0, 0.1) is 11.8 Å². The Labute approximate surface area is 130 Å². The largest absolute Gasteiger partial charge is 0.345 e. The molecule has 1 aromatic heterocycles. The molecule has 122 valence electrons. The van der Waals surface area contributed by atoms with Crippen molar-refractivity contribution in [1.82, 2.24) is 19.7 Å². The summed E-state index contributed by atoms with van der Waals surface area (Å²) in [6.07, 6.45) is 5.86. The molecule has 0 unspecified atom stereocenters. The van der Waals surface area contributed by atoms with E-state index in [1.54, 1.807) is 7.05 Å². The Morgan fingerprint density at radius 1 is 1.41 bits per heavy atom. The third kappa shape index (κ3) is 2.53. The van der Waals surface area contributed by atoms with Gasteiger partial charge < -0.3 is 4.90 Å². The zero-order valence-corrected chi connectivity index (χ0v) is 13.8. The molecule has 1 aromatic rings. The summed E-state index contributed by atoms with van der Waals surface area (Å²) < 4.78 is 26.4. The quantitative estimate of drug-likeness (QED) is 0.838. The number of aromatic nitrogens is 3. The molecular weight excluding hydrogens is 304 g/mol. The van der Waals surface area contributed by atoms with Gasteiger partial charge in [-0.15, -0.1) is 5.10 Å². The van der Waals surface area contributed by atoms with Crippen molar-refractivity contribution in [3.8, 4) is 0 Å². The molecule has 2 aliphatic rings. The Balaban J connectivity index is 1.80. The predicted octanol–water partition coefficient (Wildman–Crippen LogP) is 1.55. The van der Waals surface area contributed by atoms with Crippen molar-refractivity contribution in [2.75, 3.05) is 13.6 Å². The summed E-state index contributed by atoms with van der Waals surface area (Å²) in [5, 5.41) is 3.36. The summed E-state index contributed by atoms with van der Waals surface area (Å²) in [6.45, 7) is 2.56. The smallest absolute Gasteiger partial charge is 0.326 e. The van der Waals surface area contributed by atoms with Crippen LogP contribution in [0.25, 0.3) is 0 Å². The first kappa shape index (κ1) is 15.5. The third-order valence-electron chi connectivity index (χ3n) is 4.88. The summed E-state index contributed by atoms with van der Waals surface area (Å²) in [7, 11) is -1.87. The van der Waals surface area contributed by atoms with Gasteiger partial charge in [-0.25, -0.2) is 18.2 Å². The number of amides is 1. The molecule has 0 aliphatic heterocycles. The molecule has 1 amide bonds. The van der Waals surface area contributed by atoms with Crippen molar-refractivity contribution in [3.63, 3.8) is 0 Å². The summed E-state index contributed by atoms with van der Waals surface area (Å²) in [5.41, 5.74) is 0. The molecule has 2 fully saturated rings. The van der Waals surface area contributed by atoms with Gasteiger partial charge in [-0.05, 0) is 37.5 Å². The van der Waals surface area contributed by atoms with Gasteiger partial charge in [0.25, 0.3) is 5.16 Å². The van der Waals surface area contributed by atoms with Crippen molar-refractivity contribution in [3.05, 3.63) is 6.33 Å². The van der Waals surface area contributed by atoms with Crippen molar-refractivity contribution >= 4 is 15.9 Å². The highest BCUT2D eigenvalue weighted by atomic mass is 32.2. The van der Waals surface area contributed by atoms with Crippen molar-refractivity contribution in [2.24, 2.45) is 11.8 Å². The first-order valence-corrected chi connectivity index (χ1v) is 9.39. The van der Waals surface area contributed by atoms with Crippen LogP contribution >= 0.6 is 0 Å². The van der Waals surface area contributed by atoms with E-state index in [1.165, 1.54) is 11.2 Å². The predicted molar refractivity (Wildman–Crippen MR) is 80.2 cm³/mol. The van der Waals surface area contributed by atoms with Crippen LogP contribution in [0.15, 0.2) is 11.5 Å². The van der Waals surface area contributed by atoms with Crippen molar-refractivity contribution in [2.45, 2.75) is 49.4 Å². The summed E-state index contributed by atoms with van der Waals surface area (Å²) in [6, 6.07) is -0.358. The Morgan fingerprint density at radius 3 is 2.77 bits per heavy atom. The lowest BCUT2D eigenvalue weighted by atomic mass is 10.0. The van der Waals surface area contributed by atoms with Gasteiger partial charge in [0.2, 0.25) is 9.84 Å². The van der Waals surface area contributed by atoms with E-state index < -0.39 is 9.84 Å². The van der Waals surface area contributed by atoms with Gasteiger partial charge in [-0.1, -0.05) is 13.3 Å². The van der Waals surface area contributed by atoms with Crippen LogP contribution in [0.1, 0.15) is 39.0 Å². The molecule has 0 saturated heterocycles. The minimum absolute atomic E-state index is 0.205. The van der Waals surface area contributed by atoms with Gasteiger partial charge in [0, 0.05) is 13.6 Å². The Hall–Kier alpha value is -1.44. The lowest BCUT2D eigenvalue weighted by molar-refractivity contribution is 0.207. The van der Waals surface area contributed by atoms with Crippen LogP contribution in [-0.4, -0.2) is 53.0 Å². The Morgan fingerprint density at radius 2 is 2.18 bits per heavy atom. The molecular formula is C14H22N4O3S. The topological polar surface area (TPSA) is 85.2 Å². The van der Waals surface area contributed by atoms with E-state index in [0.29, 0.717) is 18.9 Å². The molecule has 2 bridgehead atoms. The zero-order chi connectivity index (χ0) is 15.9. The second-order valence-electron chi connectivity index (χ2n) is 6.43. The number of fused-ring (bicyclic) bond motifs is 2. The molecule has 2 saturated carbocycles. The Kier molecular flexibility index (Phi) is 3.96. The summed E-state index contributed by atoms with van der Waals surface area (Å²) in [4.78, 5) is 17.5. The van der Waals surface area contributed by atoms with E-state index in [9.17, 15) is 13.2 Å². The van der Waals surface area contributed by atoms with Gasteiger partial charge in [0.1, 0.15) is 6.33 Å². The fourth-order valence-electron chi connectivity index (χ4n) is 3.78. The van der Waals surface area contributed by atoms with E-state index in [-0.39, 0.29) is 22.4 Å². The number of rotatable bonds is 4. The van der Waals surface area contributed by atoms with Crippen LogP contribution in [0.2, 0.25) is 0 Å². The van der Waals surface area contributed by atoms with Gasteiger partial charge in [-0.2, -0.15) is 4.68 Å². The van der Waals surface area contributed by atoms with Gasteiger partial charge in [0.15, 0.2) is 0 Å². The molecule has 3 atom stereocenters. The highest BCUT2D eigenvalue weighted by Gasteiger charge is 2.47. The molecule has 22 heavy (non-hydrogen) atoms. The molecule has 1 heterocycles. The lowest BCUT2D eigenvalue weighted by Crippen LogP contribution is -2.32. The van der Waals surface area contributed by atoms with Crippen LogP contribution in [0.3, 0.4) is 0 Å². The first-order valence-electron chi connectivity index (χ1n) is 7.84. The number of nitrogens with zero attached hydrogens (tertiary/aromatic N) is 4. The van der Waals surface area contributed by atoms with Crippen LogP contribution < -0.4 is 0 Å². The zero-order valence-electron chi connectivity index (χ0n) is 13.0. The average molecular weight is 326 g/mol. The first-order chi connectivity index (χ1) is 10.4. The van der Waals surface area contributed by atoms with Crippen molar-refractivity contribution in [1.29, 1.82) is 0 Å². The normalized spacial score (nSPS) is 27.3. The minimum atomic E-state index is -3.53. The lowest BCUT2D eigenvalue weighted by Gasteiger charge is -2.19. The summed E-state index contributed by atoms with van der Waals surface area (Å²) in [5.74, 6) is 0.768. The van der Waals surface area contributed by atoms with Crippen LogP contribution in [0.5, 0.6) is 0 Å². The highest BCUT2D eigenvalue weighted by Crippen LogP contribution is 2.48. The van der Waals surface area contributed by atoms with Crippen LogP contribution in [0.4, 0.5) is 4.79 Å². The fraction of sp³-hybridized carbons (Fsp3) is 0.786. The molecule has 3 rings (SSSR count). The van der Waals surface area contributed by atoms with Gasteiger partial charge in [0.05, 0.1) is 5.25 Å². The Bertz CT molecular complexity index is 669. The molecule has 0 radical (unpaired) electrons. The SMILES string of the molecule is CCCN(C)C(=O)n1cnc(S(=O)(=O)[C@@H]2C[C@H]3CC[C@@H]2C3)n1. The number of hydrogen-bond donors (Lipinski definition) is 0. The van der Waals surface area contributed by atoms with E-state index >= 15 is 0 Å². The molecule has 0 aromatic carbocycles. The maximum absolute atomic E-state index is 12.7. The standard InChI is InChI=1S/C14H22N4O3S/c1-3-6-17(2)14(19)18-9-15-13(16-18)22(20,21)12-8-10-4-5-11(12)7-10/h9-12H,3-8H2,1-2H3/t10-,11+,12+/m0/s1. The average Bonchev–Trinajstić information content (AvgIpc) is 3.22. The third-order valence-corrected chi connectivity index (χ3v) is 6.95. The van der Waals surface area contributed by atoms with Gasteiger partial charge in [-0.3, -0.25) is 0 Å². The minimum Gasteiger partial charge on any atom is -0.326 e. The molecule has 8 heteroatoms. The van der Waals surface area contributed by atoms with E-state index in [2.05, 4.69) is 10.1 Å². The van der Waals surface area contributed by atoms with E-state index in [0.717, 1.165) is 30.4 Å². The fourth-order valence-corrected chi connectivity index (χ4v) is 5.72. The number of carbonyl (C=O) groups is 1. The van der Waals surface area contributed by atoms with Gasteiger partial charge >= 0.3 is 6.03 Å². The number of carbonyl (C=O) groups excluding carboxylic acids is 1. The maximum Gasteiger partial charge on any atom is 0.345 e. The van der Waals surface area contributed by atoms with E-state index in [1.807, 2.05) is 6.92 Å². The highest BCUT2D eigenvalue weighted by molar-refractivity contribution is 7.91. The molecule has 2 aliphatic carbocycles. The molecule has 0 N–H and O–H groups in total. The summed E-state index contributed by atoms with van der Waals surface area (Å²) >= 11 is 0. The van der Waals surface area contributed by atoms with Crippen molar-refractivity contribution < 1.29 is 13.2 Å². The second-order valence-corrected chi connectivity index (χ2v) is 8.49. The van der Waals surface area contributed by atoms with E-state index in [4.69, 9.17) is 0 Å².